The van der Waals surface area contributed by atoms with Gasteiger partial charge in [-0.15, -0.1) is 0 Å². The van der Waals surface area contributed by atoms with Crippen LogP contribution in [0.15, 0.2) is 42.2 Å². The fourth-order valence-electron chi connectivity index (χ4n) is 5.73. The van der Waals surface area contributed by atoms with Crippen LogP contribution >= 0.6 is 11.6 Å². The standard InChI is InChI=1S/C25H26ClNO3/c1-14-10-20(16-5-3-7-18(27)11-16)21(26)12-19(14)22-23(28)25(30-24(22)29)9-8-15-4-2-6-17(15)13-25/h3,5,7,10-12,15,17,28H,2,4,6,8-9,13,27H2,1H3/t15-,17+,25+/m0/s1. The molecule has 2 aromatic carbocycles. The van der Waals surface area contributed by atoms with Crippen molar-refractivity contribution in [3.05, 3.63) is 58.3 Å². The van der Waals surface area contributed by atoms with E-state index in [1.807, 2.05) is 37.3 Å². The average Bonchev–Trinajstić information content (AvgIpc) is 3.26. The zero-order valence-electron chi connectivity index (χ0n) is 17.1. The van der Waals surface area contributed by atoms with Crippen LogP contribution in [-0.4, -0.2) is 16.7 Å². The number of carbonyl (C=O) groups is 1. The van der Waals surface area contributed by atoms with Gasteiger partial charge in [-0.3, -0.25) is 0 Å². The minimum atomic E-state index is -0.858. The quantitative estimate of drug-likeness (QED) is 0.454. The summed E-state index contributed by atoms with van der Waals surface area (Å²) >= 11 is 6.62. The van der Waals surface area contributed by atoms with E-state index in [0.717, 1.165) is 36.0 Å². The van der Waals surface area contributed by atoms with E-state index in [1.165, 1.54) is 12.8 Å². The van der Waals surface area contributed by atoms with Crippen LogP contribution in [0.5, 0.6) is 0 Å². The lowest BCUT2D eigenvalue weighted by Crippen LogP contribution is -2.40. The topological polar surface area (TPSA) is 72.6 Å². The fourth-order valence-corrected chi connectivity index (χ4v) is 6.00. The van der Waals surface area contributed by atoms with Crippen LogP contribution in [0.3, 0.4) is 0 Å². The molecule has 3 aliphatic rings. The molecular weight excluding hydrogens is 398 g/mol. The number of fused-ring (bicyclic) bond motifs is 1. The molecule has 5 rings (SSSR count). The van der Waals surface area contributed by atoms with Gasteiger partial charge in [0.15, 0.2) is 11.4 Å². The van der Waals surface area contributed by atoms with Gasteiger partial charge < -0.3 is 15.6 Å². The van der Waals surface area contributed by atoms with E-state index in [1.54, 1.807) is 6.07 Å². The smallest absolute Gasteiger partial charge is 0.343 e. The summed E-state index contributed by atoms with van der Waals surface area (Å²) in [6, 6.07) is 11.2. The van der Waals surface area contributed by atoms with Crippen molar-refractivity contribution < 1.29 is 14.6 Å². The van der Waals surface area contributed by atoms with Gasteiger partial charge in [-0.05, 0) is 79.0 Å². The van der Waals surface area contributed by atoms with Crippen molar-refractivity contribution in [2.45, 2.75) is 51.0 Å². The molecule has 3 atom stereocenters. The number of hydrogen-bond donors (Lipinski definition) is 2. The SMILES string of the molecule is Cc1cc(-c2cccc(N)c2)c(Cl)cc1C1=C(O)[C@]2(CC[C@@H]3CCC[C@@H]3C2)OC1=O. The summed E-state index contributed by atoms with van der Waals surface area (Å²) < 4.78 is 5.88. The van der Waals surface area contributed by atoms with E-state index < -0.39 is 11.6 Å². The maximum absolute atomic E-state index is 12.9. The lowest BCUT2D eigenvalue weighted by atomic mass is 9.72. The molecule has 30 heavy (non-hydrogen) atoms. The van der Waals surface area contributed by atoms with Crippen LogP contribution < -0.4 is 5.73 Å². The molecule has 0 amide bonds. The normalized spacial score (nSPS) is 28.1. The number of aliphatic hydroxyl groups excluding tert-OH is 1. The molecule has 1 aliphatic heterocycles. The predicted octanol–water partition coefficient (Wildman–Crippen LogP) is 6.06. The summed E-state index contributed by atoms with van der Waals surface area (Å²) in [6.45, 7) is 1.92. The number of esters is 1. The third-order valence-corrected chi connectivity index (χ3v) is 7.58. The van der Waals surface area contributed by atoms with E-state index in [9.17, 15) is 9.90 Å². The number of aryl methyl sites for hydroxylation is 1. The minimum Gasteiger partial charge on any atom is -0.507 e. The number of hydrogen-bond acceptors (Lipinski definition) is 4. The van der Waals surface area contributed by atoms with Crippen LogP contribution in [0.4, 0.5) is 5.69 Å². The van der Waals surface area contributed by atoms with E-state index in [0.29, 0.717) is 34.5 Å². The second kappa shape index (κ2) is 7.05. The Labute approximate surface area is 181 Å². The van der Waals surface area contributed by atoms with Crippen molar-refractivity contribution in [2.24, 2.45) is 11.8 Å². The average molecular weight is 424 g/mol. The third-order valence-electron chi connectivity index (χ3n) is 7.27. The molecular formula is C25H26ClNO3. The molecule has 2 aromatic rings. The molecule has 0 unspecified atom stereocenters. The summed E-state index contributed by atoms with van der Waals surface area (Å²) in [5.74, 6) is 0.886. The Morgan fingerprint density at radius 2 is 1.93 bits per heavy atom. The van der Waals surface area contributed by atoms with Gasteiger partial charge in [0.05, 0.1) is 0 Å². The van der Waals surface area contributed by atoms with Gasteiger partial charge in [-0.25, -0.2) is 4.79 Å². The zero-order chi connectivity index (χ0) is 21.0. The van der Waals surface area contributed by atoms with Crippen LogP contribution in [-0.2, 0) is 9.53 Å². The number of carbonyl (C=O) groups excluding carboxylic acids is 1. The largest absolute Gasteiger partial charge is 0.507 e. The second-order valence-electron chi connectivity index (χ2n) is 9.07. The van der Waals surface area contributed by atoms with Crippen molar-refractivity contribution in [2.75, 3.05) is 5.73 Å². The molecule has 0 aromatic heterocycles. The highest BCUT2D eigenvalue weighted by molar-refractivity contribution is 6.34. The number of nitrogens with two attached hydrogens (primary N) is 1. The van der Waals surface area contributed by atoms with Crippen LogP contribution in [0, 0.1) is 18.8 Å². The predicted molar refractivity (Wildman–Crippen MR) is 119 cm³/mol. The lowest BCUT2D eigenvalue weighted by Gasteiger charge is -2.38. The van der Waals surface area contributed by atoms with Gasteiger partial charge in [-0.2, -0.15) is 0 Å². The summed E-state index contributed by atoms with van der Waals surface area (Å²) in [4.78, 5) is 12.9. The molecule has 1 spiro atoms. The molecule has 2 saturated carbocycles. The van der Waals surface area contributed by atoms with E-state index >= 15 is 0 Å². The van der Waals surface area contributed by atoms with Crippen molar-refractivity contribution >= 4 is 28.8 Å². The summed E-state index contributed by atoms with van der Waals surface area (Å²) in [7, 11) is 0. The Morgan fingerprint density at radius 1 is 1.13 bits per heavy atom. The highest BCUT2D eigenvalue weighted by atomic mass is 35.5. The van der Waals surface area contributed by atoms with Gasteiger partial charge in [-0.1, -0.05) is 43.0 Å². The van der Waals surface area contributed by atoms with Gasteiger partial charge in [0.1, 0.15) is 5.57 Å². The molecule has 156 valence electrons. The Bertz CT molecular complexity index is 1080. The molecule has 5 heteroatoms. The number of ether oxygens (including phenoxy) is 1. The van der Waals surface area contributed by atoms with Gasteiger partial charge in [0.2, 0.25) is 0 Å². The monoisotopic (exact) mass is 423 g/mol. The third kappa shape index (κ3) is 3.01. The highest BCUT2D eigenvalue weighted by Gasteiger charge is 2.53. The Kier molecular flexibility index (Phi) is 4.59. The first-order chi connectivity index (χ1) is 14.4. The van der Waals surface area contributed by atoms with Crippen molar-refractivity contribution in [1.82, 2.24) is 0 Å². The second-order valence-corrected chi connectivity index (χ2v) is 9.48. The minimum absolute atomic E-state index is 0.0914. The van der Waals surface area contributed by atoms with E-state index in [-0.39, 0.29) is 11.3 Å². The van der Waals surface area contributed by atoms with Crippen molar-refractivity contribution in [1.29, 1.82) is 0 Å². The first-order valence-corrected chi connectivity index (χ1v) is 11.1. The van der Waals surface area contributed by atoms with E-state index in [2.05, 4.69) is 0 Å². The van der Waals surface area contributed by atoms with Crippen LogP contribution in [0.2, 0.25) is 5.02 Å². The molecule has 1 heterocycles. The number of benzene rings is 2. The number of anilines is 1. The van der Waals surface area contributed by atoms with Crippen LogP contribution in [0.1, 0.15) is 49.7 Å². The summed E-state index contributed by atoms with van der Waals surface area (Å²) in [6.07, 6.45) is 6.08. The Hall–Kier alpha value is -2.46. The molecule has 3 N–H and O–H groups in total. The van der Waals surface area contributed by atoms with Crippen molar-refractivity contribution in [3.63, 3.8) is 0 Å². The van der Waals surface area contributed by atoms with E-state index in [4.69, 9.17) is 22.1 Å². The summed E-state index contributed by atoms with van der Waals surface area (Å²) in [5.41, 5.74) is 9.26. The molecule has 0 saturated heterocycles. The summed E-state index contributed by atoms with van der Waals surface area (Å²) in [5, 5.41) is 11.7. The zero-order valence-corrected chi connectivity index (χ0v) is 17.8. The Balaban J connectivity index is 1.55. The molecule has 2 fully saturated rings. The number of rotatable bonds is 2. The molecule has 2 aliphatic carbocycles. The lowest BCUT2D eigenvalue weighted by molar-refractivity contribution is -0.152. The van der Waals surface area contributed by atoms with Gasteiger partial charge in [0, 0.05) is 16.3 Å². The first-order valence-electron chi connectivity index (χ1n) is 10.7. The van der Waals surface area contributed by atoms with Crippen LogP contribution in [0.25, 0.3) is 16.7 Å². The number of nitrogen functional groups attached to an aromatic ring is 1. The maximum atomic E-state index is 12.9. The molecule has 0 bridgehead atoms. The number of halogens is 1. The fraction of sp³-hybridized carbons (Fsp3) is 0.400. The Morgan fingerprint density at radius 3 is 2.73 bits per heavy atom. The number of aliphatic hydroxyl groups is 1. The maximum Gasteiger partial charge on any atom is 0.343 e. The first kappa shape index (κ1) is 19.5. The van der Waals surface area contributed by atoms with Crippen molar-refractivity contribution in [3.8, 4) is 11.1 Å². The molecule has 4 nitrogen and oxygen atoms in total. The highest BCUT2D eigenvalue weighted by Crippen LogP contribution is 2.53. The molecule has 0 radical (unpaired) electrons. The van der Waals surface area contributed by atoms with Gasteiger partial charge >= 0.3 is 5.97 Å². The van der Waals surface area contributed by atoms with Gasteiger partial charge in [0.25, 0.3) is 0 Å².